The summed E-state index contributed by atoms with van der Waals surface area (Å²) in [5.41, 5.74) is 3.37. The zero-order chi connectivity index (χ0) is 24.4. The molecule has 0 saturated heterocycles. The molecule has 174 valence electrons. The van der Waals surface area contributed by atoms with Crippen molar-refractivity contribution in [1.29, 1.82) is 0 Å². The highest BCUT2D eigenvalue weighted by Crippen LogP contribution is 2.39. The Morgan fingerprint density at radius 3 is 2.23 bits per heavy atom. The lowest BCUT2D eigenvalue weighted by molar-refractivity contribution is 0.105. The van der Waals surface area contributed by atoms with Crippen molar-refractivity contribution in [3.8, 4) is 17.2 Å². The van der Waals surface area contributed by atoms with Crippen LogP contribution < -0.4 is 14.2 Å². The normalized spacial score (nSPS) is 11.6. The van der Waals surface area contributed by atoms with Crippen molar-refractivity contribution in [2.45, 2.75) is 0 Å². The van der Waals surface area contributed by atoms with E-state index < -0.39 is 0 Å². The Hall–Kier alpha value is -4.58. The van der Waals surface area contributed by atoms with Crippen molar-refractivity contribution < 1.29 is 19.0 Å². The number of allylic oxidation sites excluding steroid dienone is 1. The Morgan fingerprint density at radius 1 is 0.829 bits per heavy atom. The van der Waals surface area contributed by atoms with Gasteiger partial charge in [-0.25, -0.2) is 4.98 Å². The van der Waals surface area contributed by atoms with E-state index in [-0.39, 0.29) is 5.78 Å². The summed E-state index contributed by atoms with van der Waals surface area (Å²) in [7, 11) is 4.58. The molecule has 0 saturated carbocycles. The van der Waals surface area contributed by atoms with E-state index in [1.54, 1.807) is 12.1 Å². The molecule has 4 aromatic carbocycles. The van der Waals surface area contributed by atoms with E-state index in [4.69, 9.17) is 19.2 Å². The zero-order valence-corrected chi connectivity index (χ0v) is 19.7. The second-order valence-corrected chi connectivity index (χ2v) is 7.97. The summed E-state index contributed by atoms with van der Waals surface area (Å²) < 4.78 is 16.4. The number of nitrogens with zero attached hydrogens (tertiary/aromatic N) is 1. The predicted molar refractivity (Wildman–Crippen MR) is 138 cm³/mol. The molecule has 0 aliphatic heterocycles. The van der Waals surface area contributed by atoms with Gasteiger partial charge in [-0.05, 0) is 46.7 Å². The first-order chi connectivity index (χ1) is 17.1. The van der Waals surface area contributed by atoms with E-state index >= 15 is 0 Å². The molecule has 0 bridgehead atoms. The Balaban J connectivity index is 1.73. The summed E-state index contributed by atoms with van der Waals surface area (Å²) in [6.07, 6.45) is 1.88. The Bertz CT molecular complexity index is 1520. The number of fused-ring (bicyclic) bond motifs is 2. The summed E-state index contributed by atoms with van der Waals surface area (Å²) in [5, 5.41) is 2.13. The van der Waals surface area contributed by atoms with Gasteiger partial charge in [-0.3, -0.25) is 4.79 Å². The lowest BCUT2D eigenvalue weighted by atomic mass is 9.97. The highest BCUT2D eigenvalue weighted by molar-refractivity contribution is 6.32. The number of carbonyl (C=O) groups is 1. The smallest absolute Gasteiger partial charge is 0.203 e. The number of hydrogen-bond donors (Lipinski definition) is 1. The van der Waals surface area contributed by atoms with Crippen LogP contribution in [0.3, 0.4) is 0 Å². The number of para-hydroxylation sites is 2. The van der Waals surface area contributed by atoms with Gasteiger partial charge in [0.2, 0.25) is 5.75 Å². The van der Waals surface area contributed by atoms with Crippen LogP contribution in [0.1, 0.15) is 21.7 Å². The summed E-state index contributed by atoms with van der Waals surface area (Å²) in [5.74, 6) is 1.50. The minimum atomic E-state index is -0.226. The fourth-order valence-electron chi connectivity index (χ4n) is 4.22. The number of ketones is 1. The molecule has 5 aromatic rings. The average molecular weight is 465 g/mol. The molecule has 0 spiro atoms. The van der Waals surface area contributed by atoms with Crippen LogP contribution >= 0.6 is 0 Å². The molecule has 0 aliphatic rings. The van der Waals surface area contributed by atoms with Crippen LogP contribution in [-0.2, 0) is 0 Å². The molecule has 35 heavy (non-hydrogen) atoms. The zero-order valence-electron chi connectivity index (χ0n) is 19.7. The van der Waals surface area contributed by atoms with E-state index in [1.807, 2.05) is 60.7 Å². The van der Waals surface area contributed by atoms with Crippen LogP contribution in [0.5, 0.6) is 17.2 Å². The van der Waals surface area contributed by atoms with E-state index in [2.05, 4.69) is 17.1 Å². The maximum absolute atomic E-state index is 14.0. The standard InChI is InChI=1S/C29H24N2O4/c1-33-25-16-20(17-26(34-2)28(25)35-3)27(32)22(29-30-23-13-6-7-14-24(23)31-29)15-19-11-8-10-18-9-4-5-12-21(18)19/h4-17H,1-3H3,(H,30,31). The second-order valence-electron chi connectivity index (χ2n) is 7.97. The SMILES string of the molecule is COc1cc(C(=O)C(=Cc2cccc3ccccc23)c2nc3ccccc3[nH]2)cc(OC)c1OC. The summed E-state index contributed by atoms with van der Waals surface area (Å²) in [4.78, 5) is 22.0. The molecule has 0 amide bonds. The number of Topliss-reactive ketones (excluding diaryl/α,β-unsaturated/α-hetero) is 1. The predicted octanol–water partition coefficient (Wildman–Crippen LogP) is 6.17. The molecule has 6 nitrogen and oxygen atoms in total. The highest BCUT2D eigenvalue weighted by Gasteiger charge is 2.23. The van der Waals surface area contributed by atoms with Gasteiger partial charge in [-0.1, -0.05) is 54.6 Å². The van der Waals surface area contributed by atoms with Gasteiger partial charge in [0.25, 0.3) is 0 Å². The number of aromatic nitrogens is 2. The van der Waals surface area contributed by atoms with Crippen LogP contribution in [0.15, 0.2) is 78.9 Å². The van der Waals surface area contributed by atoms with Gasteiger partial charge in [0.05, 0.1) is 37.9 Å². The molecule has 5 rings (SSSR count). The number of ether oxygens (including phenoxy) is 3. The van der Waals surface area contributed by atoms with Gasteiger partial charge in [0.1, 0.15) is 5.82 Å². The number of hydrogen-bond acceptors (Lipinski definition) is 5. The van der Waals surface area contributed by atoms with Crippen molar-refractivity contribution in [3.63, 3.8) is 0 Å². The number of carbonyl (C=O) groups excluding carboxylic acids is 1. The molecular weight excluding hydrogens is 440 g/mol. The van der Waals surface area contributed by atoms with Gasteiger partial charge >= 0.3 is 0 Å². The fraction of sp³-hybridized carbons (Fsp3) is 0.103. The molecule has 1 heterocycles. The third kappa shape index (κ3) is 4.10. The number of imidazole rings is 1. The van der Waals surface area contributed by atoms with Gasteiger partial charge in [0.15, 0.2) is 17.3 Å². The van der Waals surface area contributed by atoms with Gasteiger partial charge in [-0.2, -0.15) is 0 Å². The van der Waals surface area contributed by atoms with E-state index in [0.29, 0.717) is 34.2 Å². The Labute approximate surface area is 202 Å². The summed E-state index contributed by atoms with van der Waals surface area (Å²) >= 11 is 0. The molecule has 0 radical (unpaired) electrons. The van der Waals surface area contributed by atoms with Crippen LogP contribution in [0.2, 0.25) is 0 Å². The molecule has 0 aliphatic carbocycles. The van der Waals surface area contributed by atoms with E-state index in [1.165, 1.54) is 21.3 Å². The highest BCUT2D eigenvalue weighted by atomic mass is 16.5. The Morgan fingerprint density at radius 2 is 1.51 bits per heavy atom. The van der Waals surface area contributed by atoms with Crippen LogP contribution in [-0.4, -0.2) is 37.1 Å². The van der Waals surface area contributed by atoms with E-state index in [9.17, 15) is 4.79 Å². The number of H-pyrrole nitrogens is 1. The van der Waals surface area contributed by atoms with Gasteiger partial charge in [0, 0.05) is 5.56 Å². The Kier molecular flexibility index (Phi) is 5.94. The maximum Gasteiger partial charge on any atom is 0.203 e. The van der Waals surface area contributed by atoms with Crippen LogP contribution in [0.4, 0.5) is 0 Å². The number of aromatic amines is 1. The minimum Gasteiger partial charge on any atom is -0.493 e. The number of benzene rings is 4. The molecule has 0 fully saturated rings. The quantitative estimate of drug-likeness (QED) is 0.230. The lowest BCUT2D eigenvalue weighted by Gasteiger charge is -2.14. The van der Waals surface area contributed by atoms with Crippen molar-refractivity contribution in [3.05, 3.63) is 95.8 Å². The largest absolute Gasteiger partial charge is 0.493 e. The second kappa shape index (κ2) is 9.35. The van der Waals surface area contributed by atoms with Crippen molar-refractivity contribution in [2.24, 2.45) is 0 Å². The summed E-state index contributed by atoms with van der Waals surface area (Å²) in [6.45, 7) is 0. The molecule has 1 N–H and O–H groups in total. The average Bonchev–Trinajstić information content (AvgIpc) is 3.34. The fourth-order valence-corrected chi connectivity index (χ4v) is 4.22. The van der Waals surface area contributed by atoms with Crippen LogP contribution in [0.25, 0.3) is 33.5 Å². The monoisotopic (exact) mass is 464 g/mol. The summed E-state index contributed by atoms with van der Waals surface area (Å²) in [6, 6.07) is 25.1. The van der Waals surface area contributed by atoms with E-state index in [0.717, 1.165) is 27.4 Å². The van der Waals surface area contributed by atoms with Crippen LogP contribution in [0, 0.1) is 0 Å². The molecular formula is C29H24N2O4. The lowest BCUT2D eigenvalue weighted by Crippen LogP contribution is -2.06. The number of rotatable bonds is 7. The number of methoxy groups -OCH3 is 3. The molecule has 0 unspecified atom stereocenters. The third-order valence-corrected chi connectivity index (χ3v) is 5.94. The van der Waals surface area contributed by atoms with Crippen molar-refractivity contribution in [2.75, 3.05) is 21.3 Å². The number of nitrogens with one attached hydrogen (secondary N) is 1. The molecule has 6 heteroatoms. The topological polar surface area (TPSA) is 73.4 Å². The first-order valence-electron chi connectivity index (χ1n) is 11.1. The molecule has 1 aromatic heterocycles. The first-order valence-corrected chi connectivity index (χ1v) is 11.1. The van der Waals surface area contributed by atoms with Gasteiger partial charge < -0.3 is 19.2 Å². The first kappa shape index (κ1) is 22.2. The maximum atomic E-state index is 14.0. The minimum absolute atomic E-state index is 0.226. The van der Waals surface area contributed by atoms with Crippen molar-refractivity contribution in [1.82, 2.24) is 9.97 Å². The third-order valence-electron chi connectivity index (χ3n) is 5.94. The molecule has 0 atom stereocenters. The van der Waals surface area contributed by atoms with Crippen molar-refractivity contribution >= 4 is 39.2 Å². The van der Waals surface area contributed by atoms with Gasteiger partial charge in [-0.15, -0.1) is 0 Å².